The molecule has 0 atom stereocenters. The highest BCUT2D eigenvalue weighted by atomic mass is 35.5. The predicted octanol–water partition coefficient (Wildman–Crippen LogP) is 3.23. The second-order valence-corrected chi connectivity index (χ2v) is 4.83. The molecule has 0 bridgehead atoms. The van der Waals surface area contributed by atoms with Gasteiger partial charge in [0.2, 0.25) is 0 Å². The highest BCUT2D eigenvalue weighted by Gasteiger charge is 2.08. The average molecular weight is 316 g/mol. The van der Waals surface area contributed by atoms with E-state index in [4.69, 9.17) is 17.3 Å². The first-order valence-electron chi connectivity index (χ1n) is 6.45. The van der Waals surface area contributed by atoms with Crippen molar-refractivity contribution in [2.24, 2.45) is 5.73 Å². The number of carbonyl (C=O) groups is 2. The Balaban J connectivity index is 1.98. The molecule has 0 radical (unpaired) electrons. The molecule has 3 amide bonds. The maximum atomic E-state index is 11.8. The van der Waals surface area contributed by atoms with Crippen molar-refractivity contribution in [3.8, 4) is 0 Å². The van der Waals surface area contributed by atoms with Crippen LogP contribution < -0.4 is 16.4 Å². The Hall–Kier alpha value is -2.79. The third-order valence-electron chi connectivity index (χ3n) is 2.78. The molecule has 6 heteroatoms. The molecule has 0 aliphatic rings. The molecule has 0 unspecified atom stereocenters. The second kappa shape index (κ2) is 7.28. The minimum atomic E-state index is -0.606. The second-order valence-electron chi connectivity index (χ2n) is 4.40. The van der Waals surface area contributed by atoms with E-state index in [9.17, 15) is 9.59 Å². The van der Waals surface area contributed by atoms with Gasteiger partial charge in [-0.15, -0.1) is 0 Å². The van der Waals surface area contributed by atoms with Crippen LogP contribution in [0.2, 0.25) is 5.02 Å². The normalized spacial score (nSPS) is 10.4. The monoisotopic (exact) mass is 315 g/mol. The first-order valence-corrected chi connectivity index (χ1v) is 6.82. The average Bonchev–Trinajstić information content (AvgIpc) is 2.47. The van der Waals surface area contributed by atoms with Crippen molar-refractivity contribution >= 4 is 35.3 Å². The molecule has 0 heterocycles. The van der Waals surface area contributed by atoms with Gasteiger partial charge in [-0.3, -0.25) is 4.79 Å². The maximum absolute atomic E-state index is 11.8. The Kier molecular flexibility index (Phi) is 5.16. The topological polar surface area (TPSA) is 84.2 Å². The molecule has 0 aliphatic heterocycles. The molecule has 4 N–H and O–H groups in total. The van der Waals surface area contributed by atoms with E-state index < -0.39 is 11.9 Å². The number of carbonyl (C=O) groups excluding carboxylic acids is 2. The number of nitrogens with one attached hydrogen (secondary N) is 2. The molecule has 0 aliphatic carbocycles. The number of urea groups is 1. The van der Waals surface area contributed by atoms with Gasteiger partial charge in [-0.25, -0.2) is 4.79 Å². The van der Waals surface area contributed by atoms with Crippen molar-refractivity contribution in [1.29, 1.82) is 0 Å². The van der Waals surface area contributed by atoms with Crippen LogP contribution in [0.3, 0.4) is 0 Å². The maximum Gasteiger partial charge on any atom is 0.323 e. The van der Waals surface area contributed by atoms with E-state index in [0.29, 0.717) is 10.7 Å². The number of amides is 3. The molecule has 2 aromatic carbocycles. The third-order valence-corrected chi connectivity index (χ3v) is 3.01. The highest BCUT2D eigenvalue weighted by molar-refractivity contribution is 6.30. The number of benzene rings is 2. The van der Waals surface area contributed by atoms with Crippen molar-refractivity contribution in [3.63, 3.8) is 0 Å². The number of halogens is 1. The molecular weight excluding hydrogens is 302 g/mol. The minimum Gasteiger partial charge on any atom is -0.366 e. The lowest BCUT2D eigenvalue weighted by atomic mass is 10.1. The SMILES string of the molecule is NC(=O)c1ccccc1NC(=O)N/C=C/c1cccc(Cl)c1. The molecule has 0 aromatic heterocycles. The lowest BCUT2D eigenvalue weighted by molar-refractivity contribution is 0.100. The van der Waals surface area contributed by atoms with E-state index in [1.165, 1.54) is 6.20 Å². The first-order chi connectivity index (χ1) is 10.6. The molecule has 5 nitrogen and oxygen atoms in total. The van der Waals surface area contributed by atoms with Gasteiger partial charge < -0.3 is 16.4 Å². The van der Waals surface area contributed by atoms with Crippen molar-refractivity contribution in [1.82, 2.24) is 5.32 Å². The van der Waals surface area contributed by atoms with E-state index in [1.54, 1.807) is 42.5 Å². The minimum absolute atomic E-state index is 0.247. The number of primary amides is 1. The molecule has 2 rings (SSSR count). The van der Waals surface area contributed by atoms with E-state index in [0.717, 1.165) is 5.56 Å². The lowest BCUT2D eigenvalue weighted by Gasteiger charge is -2.08. The molecule has 0 saturated carbocycles. The number of para-hydroxylation sites is 1. The molecule has 0 spiro atoms. The Labute approximate surface area is 132 Å². The van der Waals surface area contributed by atoms with Crippen LogP contribution in [-0.4, -0.2) is 11.9 Å². The number of hydrogen-bond donors (Lipinski definition) is 3. The smallest absolute Gasteiger partial charge is 0.323 e. The van der Waals surface area contributed by atoms with Crippen molar-refractivity contribution in [3.05, 3.63) is 70.9 Å². The molecule has 22 heavy (non-hydrogen) atoms. The summed E-state index contributed by atoms with van der Waals surface area (Å²) in [4.78, 5) is 23.1. The molecule has 2 aromatic rings. The number of hydrogen-bond acceptors (Lipinski definition) is 2. The zero-order valence-corrected chi connectivity index (χ0v) is 12.3. The van der Waals surface area contributed by atoms with E-state index >= 15 is 0 Å². The van der Waals surface area contributed by atoms with Crippen LogP contribution >= 0.6 is 11.6 Å². The summed E-state index contributed by atoms with van der Waals surface area (Å²) in [5, 5.41) is 5.71. The largest absolute Gasteiger partial charge is 0.366 e. The standard InChI is InChI=1S/C16H14ClN3O2/c17-12-5-3-4-11(10-12)8-9-19-16(22)20-14-7-2-1-6-13(14)15(18)21/h1-10H,(H2,18,21)(H2,19,20,22)/b9-8+. The van der Waals surface area contributed by atoms with Crippen molar-refractivity contribution < 1.29 is 9.59 Å². The van der Waals surface area contributed by atoms with Crippen LogP contribution in [0.4, 0.5) is 10.5 Å². The summed E-state index contributed by atoms with van der Waals surface area (Å²) in [6.45, 7) is 0. The predicted molar refractivity (Wildman–Crippen MR) is 87.6 cm³/mol. The summed E-state index contributed by atoms with van der Waals surface area (Å²) < 4.78 is 0. The number of nitrogens with two attached hydrogens (primary N) is 1. The Morgan fingerprint density at radius 3 is 2.59 bits per heavy atom. The fourth-order valence-electron chi connectivity index (χ4n) is 1.79. The summed E-state index contributed by atoms with van der Waals surface area (Å²) in [7, 11) is 0. The molecule has 0 fully saturated rings. The van der Waals surface area contributed by atoms with Gasteiger partial charge in [-0.2, -0.15) is 0 Å². The van der Waals surface area contributed by atoms with Gasteiger partial charge in [0.15, 0.2) is 0 Å². The summed E-state index contributed by atoms with van der Waals surface area (Å²) in [5.74, 6) is -0.606. The van der Waals surface area contributed by atoms with E-state index in [1.807, 2.05) is 12.1 Å². The number of anilines is 1. The fraction of sp³-hybridized carbons (Fsp3) is 0. The zero-order valence-electron chi connectivity index (χ0n) is 11.5. The fourth-order valence-corrected chi connectivity index (χ4v) is 1.99. The van der Waals surface area contributed by atoms with Gasteiger partial charge in [0.05, 0.1) is 11.3 Å². The Bertz CT molecular complexity index is 729. The lowest BCUT2D eigenvalue weighted by Crippen LogP contribution is -2.25. The Morgan fingerprint density at radius 1 is 1.09 bits per heavy atom. The van der Waals surface area contributed by atoms with Gasteiger partial charge in [-0.1, -0.05) is 35.9 Å². The Morgan fingerprint density at radius 2 is 1.86 bits per heavy atom. The van der Waals surface area contributed by atoms with Gasteiger partial charge in [0.1, 0.15) is 0 Å². The van der Waals surface area contributed by atoms with Crippen LogP contribution in [0.5, 0.6) is 0 Å². The van der Waals surface area contributed by atoms with E-state index in [-0.39, 0.29) is 5.56 Å². The van der Waals surface area contributed by atoms with Crippen LogP contribution in [0.1, 0.15) is 15.9 Å². The van der Waals surface area contributed by atoms with Gasteiger partial charge >= 0.3 is 6.03 Å². The molecule has 112 valence electrons. The first kappa shape index (κ1) is 15.6. The van der Waals surface area contributed by atoms with Crippen LogP contribution in [0.15, 0.2) is 54.7 Å². The zero-order chi connectivity index (χ0) is 15.9. The summed E-state index contributed by atoms with van der Waals surface area (Å²) in [6, 6.07) is 13.2. The quantitative estimate of drug-likeness (QED) is 0.809. The van der Waals surface area contributed by atoms with E-state index in [2.05, 4.69) is 10.6 Å². The molecular formula is C16H14ClN3O2. The van der Waals surface area contributed by atoms with Crippen LogP contribution in [0, 0.1) is 0 Å². The van der Waals surface area contributed by atoms with Crippen LogP contribution in [-0.2, 0) is 0 Å². The van der Waals surface area contributed by atoms with Crippen LogP contribution in [0.25, 0.3) is 6.08 Å². The summed E-state index contributed by atoms with van der Waals surface area (Å²) >= 11 is 5.86. The van der Waals surface area contributed by atoms with Crippen molar-refractivity contribution in [2.75, 3.05) is 5.32 Å². The summed E-state index contributed by atoms with van der Waals surface area (Å²) in [5.41, 5.74) is 6.69. The van der Waals surface area contributed by atoms with Gasteiger partial charge in [-0.05, 0) is 35.9 Å². The van der Waals surface area contributed by atoms with Gasteiger partial charge in [0.25, 0.3) is 5.91 Å². The molecule has 0 saturated heterocycles. The highest BCUT2D eigenvalue weighted by Crippen LogP contribution is 2.14. The van der Waals surface area contributed by atoms with Gasteiger partial charge in [0, 0.05) is 11.2 Å². The third kappa shape index (κ3) is 4.36. The summed E-state index contributed by atoms with van der Waals surface area (Å²) in [6.07, 6.45) is 3.18. The number of rotatable bonds is 4. The van der Waals surface area contributed by atoms with Crippen molar-refractivity contribution in [2.45, 2.75) is 0 Å².